The highest BCUT2D eigenvalue weighted by molar-refractivity contribution is 6.32. The molecule has 0 amide bonds. The van der Waals surface area contributed by atoms with Crippen molar-refractivity contribution in [2.75, 3.05) is 18.0 Å². The number of halogens is 1. The highest BCUT2D eigenvalue weighted by Gasteiger charge is 2.24. The van der Waals surface area contributed by atoms with E-state index in [1.807, 2.05) is 58.9 Å². The highest BCUT2D eigenvalue weighted by Crippen LogP contribution is 2.33. The number of carbonyl (C=O) groups excluding carboxylic acids is 1. The van der Waals surface area contributed by atoms with Crippen LogP contribution < -0.4 is 9.64 Å². The third-order valence-corrected chi connectivity index (χ3v) is 5.56. The Labute approximate surface area is 205 Å². The molecule has 0 unspecified atom stereocenters. The van der Waals surface area contributed by atoms with Crippen LogP contribution in [-0.2, 0) is 16.0 Å². The minimum absolute atomic E-state index is 0.0317. The number of hydrogen-bond donors (Lipinski definition) is 0. The van der Waals surface area contributed by atoms with Crippen molar-refractivity contribution in [3.63, 3.8) is 0 Å². The van der Waals surface area contributed by atoms with Gasteiger partial charge in [0.15, 0.2) is 0 Å². The fourth-order valence-corrected chi connectivity index (χ4v) is 4.17. The van der Waals surface area contributed by atoms with Crippen LogP contribution in [0.4, 0.5) is 5.69 Å². The Hall–Kier alpha value is -3.06. The van der Waals surface area contributed by atoms with Crippen LogP contribution in [0.2, 0.25) is 5.02 Å². The molecule has 1 aliphatic heterocycles. The molecule has 0 saturated heterocycles. The second-order valence-electron chi connectivity index (χ2n) is 9.69. The van der Waals surface area contributed by atoms with E-state index in [0.29, 0.717) is 22.5 Å². The van der Waals surface area contributed by atoms with Gasteiger partial charge in [0.25, 0.3) is 5.89 Å². The SMILES string of the molecule is CC(C)Oc1ccc(-c2noc(-c3ccc4c(c3)CCCN4CC(=O)OC(C)(C)C)n2)cc1Cl. The van der Waals surface area contributed by atoms with Crippen LogP contribution in [0.15, 0.2) is 40.9 Å². The molecule has 7 nitrogen and oxygen atoms in total. The first-order chi connectivity index (χ1) is 16.1. The number of nitrogens with zero attached hydrogens (tertiary/aromatic N) is 3. The number of carbonyl (C=O) groups is 1. The maximum atomic E-state index is 12.3. The quantitative estimate of drug-likeness (QED) is 0.401. The number of rotatable bonds is 6. The van der Waals surface area contributed by atoms with Crippen LogP contribution in [0.3, 0.4) is 0 Å². The van der Waals surface area contributed by atoms with Crippen molar-refractivity contribution in [2.45, 2.75) is 59.2 Å². The van der Waals surface area contributed by atoms with Crippen molar-refractivity contribution in [3.8, 4) is 28.6 Å². The van der Waals surface area contributed by atoms with Gasteiger partial charge in [0.2, 0.25) is 5.82 Å². The normalized spacial score (nSPS) is 13.7. The maximum Gasteiger partial charge on any atom is 0.326 e. The van der Waals surface area contributed by atoms with Crippen molar-refractivity contribution in [3.05, 3.63) is 47.0 Å². The van der Waals surface area contributed by atoms with Crippen LogP contribution in [0.25, 0.3) is 22.8 Å². The molecule has 0 saturated carbocycles. The van der Waals surface area contributed by atoms with E-state index in [0.717, 1.165) is 41.8 Å². The van der Waals surface area contributed by atoms with Gasteiger partial charge in [-0.2, -0.15) is 4.98 Å². The fourth-order valence-electron chi connectivity index (χ4n) is 3.95. The zero-order valence-corrected chi connectivity index (χ0v) is 21.0. The van der Waals surface area contributed by atoms with Crippen molar-refractivity contribution in [1.29, 1.82) is 0 Å². The number of ether oxygens (including phenoxy) is 2. The lowest BCUT2D eigenvalue weighted by molar-refractivity contribution is -0.153. The number of benzene rings is 2. The molecule has 0 spiro atoms. The van der Waals surface area contributed by atoms with Gasteiger partial charge in [0.05, 0.1) is 11.1 Å². The van der Waals surface area contributed by atoms with E-state index in [1.54, 1.807) is 6.07 Å². The molecule has 3 aromatic rings. The highest BCUT2D eigenvalue weighted by atomic mass is 35.5. The van der Waals surface area contributed by atoms with Crippen LogP contribution in [0.5, 0.6) is 5.75 Å². The predicted molar refractivity (Wildman–Crippen MR) is 132 cm³/mol. The van der Waals surface area contributed by atoms with E-state index in [9.17, 15) is 4.79 Å². The van der Waals surface area contributed by atoms with E-state index in [2.05, 4.69) is 21.1 Å². The van der Waals surface area contributed by atoms with Gasteiger partial charge in [-0.15, -0.1) is 0 Å². The van der Waals surface area contributed by atoms with Gasteiger partial charge in [-0.05, 0) is 89.4 Å². The van der Waals surface area contributed by atoms with Crippen LogP contribution in [0.1, 0.15) is 46.6 Å². The summed E-state index contributed by atoms with van der Waals surface area (Å²) in [6, 6.07) is 11.4. The summed E-state index contributed by atoms with van der Waals surface area (Å²) in [5.74, 6) is 1.28. The molecular formula is C26H30ClN3O4. The zero-order valence-electron chi connectivity index (χ0n) is 20.2. The molecule has 2 aromatic carbocycles. The molecule has 0 aliphatic carbocycles. The largest absolute Gasteiger partial charge is 0.489 e. The second kappa shape index (κ2) is 9.66. The minimum Gasteiger partial charge on any atom is -0.489 e. The van der Waals surface area contributed by atoms with Gasteiger partial charge in [0.1, 0.15) is 17.9 Å². The Morgan fingerprint density at radius 3 is 2.65 bits per heavy atom. The van der Waals surface area contributed by atoms with Crippen LogP contribution in [0, 0.1) is 0 Å². The first kappa shape index (κ1) is 24.1. The molecule has 0 N–H and O–H groups in total. The van der Waals surface area contributed by atoms with Crippen LogP contribution in [-0.4, -0.2) is 40.9 Å². The molecule has 0 radical (unpaired) electrons. The Morgan fingerprint density at radius 2 is 1.94 bits per heavy atom. The number of hydrogen-bond acceptors (Lipinski definition) is 7. The molecule has 180 valence electrons. The van der Waals surface area contributed by atoms with Gasteiger partial charge in [-0.3, -0.25) is 4.79 Å². The first-order valence-electron chi connectivity index (χ1n) is 11.5. The molecule has 2 heterocycles. The van der Waals surface area contributed by atoms with Crippen molar-refractivity contribution >= 4 is 23.3 Å². The number of aromatic nitrogens is 2. The zero-order chi connectivity index (χ0) is 24.5. The average molecular weight is 484 g/mol. The van der Waals surface area contributed by atoms with Gasteiger partial charge in [-0.25, -0.2) is 0 Å². The van der Waals surface area contributed by atoms with Gasteiger partial charge >= 0.3 is 5.97 Å². The fraction of sp³-hybridized carbons (Fsp3) is 0.423. The Bertz CT molecular complexity index is 1180. The number of anilines is 1. The Balaban J connectivity index is 1.52. The lowest BCUT2D eigenvalue weighted by Crippen LogP contribution is -2.37. The van der Waals surface area contributed by atoms with E-state index < -0.39 is 5.60 Å². The third kappa shape index (κ3) is 5.70. The molecule has 8 heteroatoms. The molecular weight excluding hydrogens is 454 g/mol. The minimum atomic E-state index is -0.499. The molecule has 1 aromatic heterocycles. The molecule has 34 heavy (non-hydrogen) atoms. The molecule has 0 atom stereocenters. The van der Waals surface area contributed by atoms with Gasteiger partial charge in [-0.1, -0.05) is 16.8 Å². The number of aryl methyl sites for hydroxylation is 1. The summed E-state index contributed by atoms with van der Waals surface area (Å²) in [5, 5.41) is 4.63. The standard InChI is InChI=1S/C26H30ClN3O4/c1-16(2)32-22-11-9-18(14-20(22)27)24-28-25(34-29-24)19-8-10-21-17(13-19)7-6-12-30(21)15-23(31)33-26(3,4)5/h8-11,13-14,16H,6-7,12,15H2,1-5H3. The topological polar surface area (TPSA) is 77.7 Å². The lowest BCUT2D eigenvalue weighted by Gasteiger charge is -2.31. The number of fused-ring (bicyclic) bond motifs is 1. The Morgan fingerprint density at radius 1 is 1.18 bits per heavy atom. The summed E-state index contributed by atoms with van der Waals surface area (Å²) in [6.07, 6.45) is 1.91. The average Bonchev–Trinajstić information content (AvgIpc) is 3.24. The summed E-state index contributed by atoms with van der Waals surface area (Å²) >= 11 is 6.36. The summed E-state index contributed by atoms with van der Waals surface area (Å²) in [6.45, 7) is 10.6. The summed E-state index contributed by atoms with van der Waals surface area (Å²) in [4.78, 5) is 19.0. The molecule has 0 fully saturated rings. The Kier molecular flexibility index (Phi) is 6.84. The van der Waals surface area contributed by atoms with Crippen LogP contribution >= 0.6 is 11.6 Å². The third-order valence-electron chi connectivity index (χ3n) is 5.26. The maximum absolute atomic E-state index is 12.3. The van der Waals surface area contributed by atoms with E-state index >= 15 is 0 Å². The van der Waals surface area contributed by atoms with E-state index in [1.165, 1.54) is 0 Å². The van der Waals surface area contributed by atoms with Gasteiger partial charge in [0, 0.05) is 23.4 Å². The van der Waals surface area contributed by atoms with Crippen molar-refractivity contribution < 1.29 is 18.8 Å². The van der Waals surface area contributed by atoms with Crippen molar-refractivity contribution in [1.82, 2.24) is 10.1 Å². The summed E-state index contributed by atoms with van der Waals surface area (Å²) < 4.78 is 16.7. The monoisotopic (exact) mass is 483 g/mol. The molecule has 1 aliphatic rings. The molecule has 4 rings (SSSR count). The predicted octanol–water partition coefficient (Wildman–Crippen LogP) is 5.94. The van der Waals surface area contributed by atoms with Crippen molar-refractivity contribution in [2.24, 2.45) is 0 Å². The summed E-state index contributed by atoms with van der Waals surface area (Å²) in [5.41, 5.74) is 3.26. The second-order valence-corrected chi connectivity index (χ2v) is 10.1. The van der Waals surface area contributed by atoms with Gasteiger partial charge < -0.3 is 18.9 Å². The van der Waals surface area contributed by atoms with E-state index in [-0.39, 0.29) is 18.6 Å². The van der Waals surface area contributed by atoms with E-state index in [4.69, 9.17) is 25.6 Å². The first-order valence-corrected chi connectivity index (χ1v) is 11.9. The molecule has 0 bridgehead atoms. The summed E-state index contributed by atoms with van der Waals surface area (Å²) in [7, 11) is 0. The smallest absolute Gasteiger partial charge is 0.326 e. The lowest BCUT2D eigenvalue weighted by atomic mass is 9.99. The number of esters is 1.